The Bertz CT molecular complexity index is 797. The summed E-state index contributed by atoms with van der Waals surface area (Å²) in [6.45, 7) is 0.180. The molecule has 26 heavy (non-hydrogen) atoms. The van der Waals surface area contributed by atoms with E-state index in [2.05, 4.69) is 26.6 Å². The van der Waals surface area contributed by atoms with E-state index in [0.29, 0.717) is 12.0 Å². The predicted molar refractivity (Wildman–Crippen MR) is 98.2 cm³/mol. The maximum atomic E-state index is 12.4. The second-order valence-corrected chi connectivity index (χ2v) is 6.21. The van der Waals surface area contributed by atoms with E-state index in [4.69, 9.17) is 9.52 Å². The van der Waals surface area contributed by atoms with Gasteiger partial charge in [-0.1, -0.05) is 28.1 Å². The Balaban J connectivity index is 2.12. The van der Waals surface area contributed by atoms with Crippen LogP contribution in [0.15, 0.2) is 57.2 Å². The van der Waals surface area contributed by atoms with Crippen molar-refractivity contribution in [3.8, 4) is 0 Å². The highest BCUT2D eigenvalue weighted by Gasteiger charge is 2.16. The van der Waals surface area contributed by atoms with Crippen LogP contribution in [0.4, 0.5) is 0 Å². The second-order valence-electron chi connectivity index (χ2n) is 5.29. The van der Waals surface area contributed by atoms with Gasteiger partial charge in [-0.3, -0.25) is 14.4 Å². The average Bonchev–Trinajstić information content (AvgIpc) is 3.14. The number of aliphatic carboxylic acids is 1. The molecule has 0 atom stereocenters. The number of benzene rings is 1. The Kier molecular flexibility index (Phi) is 7.16. The van der Waals surface area contributed by atoms with Gasteiger partial charge in [0.15, 0.2) is 5.76 Å². The van der Waals surface area contributed by atoms with Gasteiger partial charge in [0.25, 0.3) is 11.8 Å². The van der Waals surface area contributed by atoms with Gasteiger partial charge in [-0.2, -0.15) is 0 Å². The fourth-order valence-corrected chi connectivity index (χ4v) is 2.28. The van der Waals surface area contributed by atoms with Crippen molar-refractivity contribution in [1.29, 1.82) is 0 Å². The number of nitrogens with one attached hydrogen (secondary N) is 2. The lowest BCUT2D eigenvalue weighted by Crippen LogP contribution is -2.35. The number of carbonyl (C=O) groups is 3. The number of carbonyl (C=O) groups excluding carboxylic acids is 2. The minimum absolute atomic E-state index is 0.0315. The topological polar surface area (TPSA) is 109 Å². The second kappa shape index (κ2) is 9.57. The summed E-state index contributed by atoms with van der Waals surface area (Å²) in [7, 11) is 0. The van der Waals surface area contributed by atoms with Crippen molar-refractivity contribution in [1.82, 2.24) is 10.6 Å². The van der Waals surface area contributed by atoms with Crippen LogP contribution in [0.5, 0.6) is 0 Å². The zero-order valence-corrected chi connectivity index (χ0v) is 15.3. The lowest BCUT2D eigenvalue weighted by molar-refractivity contribution is -0.137. The molecule has 0 fully saturated rings. The van der Waals surface area contributed by atoms with Crippen LogP contribution in [0, 0.1) is 0 Å². The monoisotopic (exact) mass is 420 g/mol. The molecular formula is C18H17BrN2O5. The van der Waals surface area contributed by atoms with Crippen LogP contribution in [0.3, 0.4) is 0 Å². The number of hydrogen-bond donors (Lipinski definition) is 3. The van der Waals surface area contributed by atoms with Gasteiger partial charge in [-0.15, -0.1) is 0 Å². The third-order valence-electron chi connectivity index (χ3n) is 3.27. The molecule has 2 amide bonds. The molecule has 7 nitrogen and oxygen atoms in total. The standard InChI is InChI=1S/C18H17BrN2O5/c19-13-7-5-12(6-8-13)11-14(17(24)20-9-1-4-16(22)23)21-18(25)15-3-2-10-26-15/h2-3,5-8,10-11H,1,4,9H2,(H,20,24)(H,21,25)(H,22,23)/b14-11-. The SMILES string of the molecule is O=C(O)CCCNC(=O)/C(=C/c1ccc(Br)cc1)NC(=O)c1ccco1. The maximum absolute atomic E-state index is 12.4. The first-order valence-electron chi connectivity index (χ1n) is 7.78. The number of furan rings is 1. The summed E-state index contributed by atoms with van der Waals surface area (Å²) in [5.74, 6) is -1.93. The lowest BCUT2D eigenvalue weighted by atomic mass is 10.2. The first kappa shape index (κ1) is 19.5. The quantitative estimate of drug-likeness (QED) is 0.449. The molecule has 0 radical (unpaired) electrons. The van der Waals surface area contributed by atoms with Crippen molar-refractivity contribution < 1.29 is 23.9 Å². The van der Waals surface area contributed by atoms with Crippen LogP contribution < -0.4 is 10.6 Å². The molecule has 2 aromatic rings. The Labute approximate surface area is 158 Å². The Hall–Kier alpha value is -2.87. The number of hydrogen-bond acceptors (Lipinski definition) is 4. The molecule has 1 aromatic carbocycles. The fourth-order valence-electron chi connectivity index (χ4n) is 2.01. The summed E-state index contributed by atoms with van der Waals surface area (Å²) in [5, 5.41) is 13.7. The molecule has 0 saturated heterocycles. The number of halogens is 1. The van der Waals surface area contributed by atoms with Crippen LogP contribution in [-0.4, -0.2) is 29.4 Å². The van der Waals surface area contributed by atoms with E-state index in [-0.39, 0.29) is 24.4 Å². The largest absolute Gasteiger partial charge is 0.481 e. The van der Waals surface area contributed by atoms with Crippen LogP contribution in [-0.2, 0) is 9.59 Å². The summed E-state index contributed by atoms with van der Waals surface area (Å²) in [6.07, 6.45) is 3.13. The highest BCUT2D eigenvalue weighted by atomic mass is 79.9. The van der Waals surface area contributed by atoms with E-state index in [1.807, 2.05) is 12.1 Å². The van der Waals surface area contributed by atoms with Crippen LogP contribution in [0.2, 0.25) is 0 Å². The summed E-state index contributed by atoms with van der Waals surface area (Å²) >= 11 is 3.33. The predicted octanol–water partition coefficient (Wildman–Crippen LogP) is 2.79. The first-order valence-corrected chi connectivity index (χ1v) is 8.57. The van der Waals surface area contributed by atoms with E-state index in [1.165, 1.54) is 18.4 Å². The molecule has 0 aliphatic rings. The number of carboxylic acid groups (broad SMARTS) is 1. The molecule has 0 unspecified atom stereocenters. The van der Waals surface area contributed by atoms with Crippen molar-refractivity contribution in [3.63, 3.8) is 0 Å². The normalized spacial score (nSPS) is 11.0. The molecule has 0 saturated carbocycles. The Morgan fingerprint density at radius 3 is 2.50 bits per heavy atom. The molecule has 2 rings (SSSR count). The molecule has 1 aromatic heterocycles. The molecule has 0 bridgehead atoms. The van der Waals surface area contributed by atoms with Crippen LogP contribution >= 0.6 is 15.9 Å². The van der Waals surface area contributed by atoms with Crippen LogP contribution in [0.25, 0.3) is 6.08 Å². The summed E-state index contributed by atoms with van der Waals surface area (Å²) in [4.78, 5) is 35.1. The molecule has 0 aliphatic carbocycles. The van der Waals surface area contributed by atoms with Gasteiger partial charge in [0.2, 0.25) is 0 Å². The van der Waals surface area contributed by atoms with Gasteiger partial charge in [-0.05, 0) is 42.3 Å². The molecule has 0 spiro atoms. The molecular weight excluding hydrogens is 404 g/mol. The minimum Gasteiger partial charge on any atom is -0.481 e. The number of rotatable bonds is 8. The average molecular weight is 421 g/mol. The van der Waals surface area contributed by atoms with E-state index < -0.39 is 17.8 Å². The molecule has 136 valence electrons. The number of carboxylic acids is 1. The van der Waals surface area contributed by atoms with E-state index in [9.17, 15) is 14.4 Å². The molecule has 0 aliphatic heterocycles. The van der Waals surface area contributed by atoms with Crippen molar-refractivity contribution in [2.24, 2.45) is 0 Å². The molecule has 3 N–H and O–H groups in total. The van der Waals surface area contributed by atoms with Gasteiger partial charge in [0.1, 0.15) is 5.70 Å². The van der Waals surface area contributed by atoms with E-state index in [1.54, 1.807) is 18.2 Å². The van der Waals surface area contributed by atoms with Gasteiger partial charge < -0.3 is 20.2 Å². The van der Waals surface area contributed by atoms with Gasteiger partial charge in [0.05, 0.1) is 6.26 Å². The van der Waals surface area contributed by atoms with Crippen molar-refractivity contribution in [3.05, 3.63) is 64.2 Å². The van der Waals surface area contributed by atoms with Gasteiger partial charge in [0, 0.05) is 17.4 Å². The third kappa shape index (κ3) is 6.21. The van der Waals surface area contributed by atoms with Crippen molar-refractivity contribution >= 4 is 39.8 Å². The van der Waals surface area contributed by atoms with Gasteiger partial charge in [-0.25, -0.2) is 0 Å². The maximum Gasteiger partial charge on any atom is 0.303 e. The highest BCUT2D eigenvalue weighted by Crippen LogP contribution is 2.13. The zero-order chi connectivity index (χ0) is 18.9. The molecule has 1 heterocycles. The smallest absolute Gasteiger partial charge is 0.303 e. The molecule has 8 heteroatoms. The van der Waals surface area contributed by atoms with E-state index >= 15 is 0 Å². The number of amides is 2. The van der Waals surface area contributed by atoms with E-state index in [0.717, 1.165) is 4.47 Å². The van der Waals surface area contributed by atoms with Gasteiger partial charge >= 0.3 is 5.97 Å². The highest BCUT2D eigenvalue weighted by molar-refractivity contribution is 9.10. The minimum atomic E-state index is -0.934. The zero-order valence-electron chi connectivity index (χ0n) is 13.7. The lowest BCUT2D eigenvalue weighted by Gasteiger charge is -2.10. The van der Waals surface area contributed by atoms with Crippen molar-refractivity contribution in [2.45, 2.75) is 12.8 Å². The van der Waals surface area contributed by atoms with Crippen LogP contribution in [0.1, 0.15) is 29.0 Å². The fraction of sp³-hybridized carbons (Fsp3) is 0.167. The Morgan fingerprint density at radius 2 is 1.88 bits per heavy atom. The third-order valence-corrected chi connectivity index (χ3v) is 3.80. The summed E-state index contributed by atoms with van der Waals surface area (Å²) in [6, 6.07) is 10.2. The van der Waals surface area contributed by atoms with Crippen molar-refractivity contribution in [2.75, 3.05) is 6.54 Å². The Morgan fingerprint density at radius 1 is 1.15 bits per heavy atom. The summed E-state index contributed by atoms with van der Waals surface area (Å²) in [5.41, 5.74) is 0.743. The summed E-state index contributed by atoms with van der Waals surface area (Å²) < 4.78 is 5.91. The first-order chi connectivity index (χ1) is 12.5.